The molecular formula is C20H24BrN3O2. The second kappa shape index (κ2) is 9.14. The van der Waals surface area contributed by atoms with E-state index in [0.717, 1.165) is 36.4 Å². The van der Waals surface area contributed by atoms with Crippen LogP contribution in [0.15, 0.2) is 51.9 Å². The first-order valence-electron chi connectivity index (χ1n) is 9.04. The number of carbonyl (C=O) groups is 1. The van der Waals surface area contributed by atoms with E-state index in [-0.39, 0.29) is 11.5 Å². The molecule has 2 heterocycles. The van der Waals surface area contributed by atoms with Gasteiger partial charge in [0.05, 0.1) is 5.56 Å². The van der Waals surface area contributed by atoms with Crippen LogP contribution in [0.3, 0.4) is 0 Å². The molecule has 0 radical (unpaired) electrons. The van der Waals surface area contributed by atoms with Gasteiger partial charge < -0.3 is 15.2 Å². The molecule has 1 fully saturated rings. The number of benzene rings is 1. The van der Waals surface area contributed by atoms with Crippen LogP contribution >= 0.6 is 15.9 Å². The van der Waals surface area contributed by atoms with Crippen LogP contribution in [0.25, 0.3) is 0 Å². The zero-order chi connectivity index (χ0) is 18.4. The summed E-state index contributed by atoms with van der Waals surface area (Å²) in [6, 6.07) is 11.5. The van der Waals surface area contributed by atoms with Gasteiger partial charge in [0.1, 0.15) is 0 Å². The van der Waals surface area contributed by atoms with Crippen LogP contribution in [-0.4, -0.2) is 42.0 Å². The molecule has 0 saturated carbocycles. The highest BCUT2D eigenvalue weighted by Crippen LogP contribution is 2.22. The van der Waals surface area contributed by atoms with Crippen molar-refractivity contribution in [3.63, 3.8) is 0 Å². The Morgan fingerprint density at radius 2 is 1.88 bits per heavy atom. The molecule has 1 aliphatic heterocycles. The fraction of sp³-hybridized carbons (Fsp3) is 0.400. The second-order valence-corrected chi connectivity index (χ2v) is 7.73. The summed E-state index contributed by atoms with van der Waals surface area (Å²) in [6.45, 7) is 3.64. The molecule has 1 aromatic heterocycles. The summed E-state index contributed by atoms with van der Waals surface area (Å²) >= 11 is 3.48. The third-order valence-corrected chi connectivity index (χ3v) is 5.43. The molecule has 1 aromatic carbocycles. The van der Waals surface area contributed by atoms with E-state index >= 15 is 0 Å². The van der Waals surface area contributed by atoms with Crippen LogP contribution in [-0.2, 0) is 6.42 Å². The minimum atomic E-state index is -0.201. The molecule has 1 aliphatic rings. The number of pyridine rings is 1. The van der Waals surface area contributed by atoms with E-state index in [0.29, 0.717) is 12.1 Å². The lowest BCUT2D eigenvalue weighted by atomic mass is 9.90. The molecule has 5 nitrogen and oxygen atoms in total. The van der Waals surface area contributed by atoms with Crippen LogP contribution in [0.5, 0.6) is 0 Å². The Balaban J connectivity index is 1.36. The standard InChI is InChI=1S/C20H24BrN3O2/c21-18-4-1-15(2-5-18)13-16-7-10-24(11-8-16)12-9-22-20(26)17-3-6-19(25)23-14-17/h1-6,14,16H,7-13H2,(H,22,26)(H,23,25). The predicted octanol–water partition coefficient (Wildman–Crippen LogP) is 2.82. The number of piperidine rings is 1. The maximum absolute atomic E-state index is 12.0. The van der Waals surface area contributed by atoms with Crippen molar-refractivity contribution in [3.05, 3.63) is 68.5 Å². The highest BCUT2D eigenvalue weighted by molar-refractivity contribution is 9.10. The van der Waals surface area contributed by atoms with Gasteiger partial charge in [-0.15, -0.1) is 0 Å². The Morgan fingerprint density at radius 3 is 2.54 bits per heavy atom. The summed E-state index contributed by atoms with van der Waals surface area (Å²) in [5, 5.41) is 2.91. The Kier molecular flexibility index (Phi) is 6.63. The summed E-state index contributed by atoms with van der Waals surface area (Å²) in [4.78, 5) is 28.0. The molecule has 0 atom stereocenters. The lowest BCUT2D eigenvalue weighted by Crippen LogP contribution is -2.40. The molecule has 0 unspecified atom stereocenters. The van der Waals surface area contributed by atoms with Crippen molar-refractivity contribution < 1.29 is 4.79 Å². The van der Waals surface area contributed by atoms with E-state index < -0.39 is 0 Å². The third kappa shape index (κ3) is 5.54. The molecule has 2 aromatic rings. The Morgan fingerprint density at radius 1 is 1.15 bits per heavy atom. The minimum absolute atomic E-state index is 0.147. The van der Waals surface area contributed by atoms with Crippen molar-refractivity contribution in [1.29, 1.82) is 0 Å². The third-order valence-electron chi connectivity index (χ3n) is 4.90. The smallest absolute Gasteiger partial charge is 0.252 e. The fourth-order valence-corrected chi connectivity index (χ4v) is 3.61. The normalized spacial score (nSPS) is 15.7. The van der Waals surface area contributed by atoms with Gasteiger partial charge in [0.15, 0.2) is 0 Å². The van der Waals surface area contributed by atoms with E-state index in [9.17, 15) is 9.59 Å². The van der Waals surface area contributed by atoms with Gasteiger partial charge in [-0.1, -0.05) is 28.1 Å². The van der Waals surface area contributed by atoms with Crippen molar-refractivity contribution in [3.8, 4) is 0 Å². The maximum atomic E-state index is 12.0. The van der Waals surface area contributed by atoms with E-state index in [1.807, 2.05) is 0 Å². The zero-order valence-electron chi connectivity index (χ0n) is 14.7. The van der Waals surface area contributed by atoms with Crippen molar-refractivity contribution in [2.45, 2.75) is 19.3 Å². The Labute approximate surface area is 161 Å². The van der Waals surface area contributed by atoms with Crippen LogP contribution in [0.1, 0.15) is 28.8 Å². The predicted molar refractivity (Wildman–Crippen MR) is 106 cm³/mol. The van der Waals surface area contributed by atoms with Gasteiger partial charge in [-0.3, -0.25) is 9.59 Å². The maximum Gasteiger partial charge on any atom is 0.252 e. The SMILES string of the molecule is O=C(NCCN1CCC(Cc2ccc(Br)cc2)CC1)c1ccc(=O)[nH]c1. The molecule has 1 saturated heterocycles. The fourth-order valence-electron chi connectivity index (χ4n) is 3.35. The number of H-pyrrole nitrogens is 1. The average molecular weight is 418 g/mol. The van der Waals surface area contributed by atoms with E-state index in [1.54, 1.807) is 6.07 Å². The van der Waals surface area contributed by atoms with E-state index in [1.165, 1.54) is 30.7 Å². The molecule has 6 heteroatoms. The van der Waals surface area contributed by atoms with E-state index in [2.05, 4.69) is 55.4 Å². The van der Waals surface area contributed by atoms with Gasteiger partial charge in [0.25, 0.3) is 5.91 Å². The zero-order valence-corrected chi connectivity index (χ0v) is 16.3. The van der Waals surface area contributed by atoms with Gasteiger partial charge in [-0.25, -0.2) is 0 Å². The lowest BCUT2D eigenvalue weighted by molar-refractivity contribution is 0.0943. The topological polar surface area (TPSA) is 65.2 Å². The Hall–Kier alpha value is -1.92. The van der Waals surface area contributed by atoms with Crippen molar-refractivity contribution in [2.75, 3.05) is 26.2 Å². The molecule has 0 spiro atoms. The highest BCUT2D eigenvalue weighted by Gasteiger charge is 2.19. The molecule has 0 bridgehead atoms. The number of aromatic nitrogens is 1. The molecule has 0 aliphatic carbocycles. The minimum Gasteiger partial charge on any atom is -0.351 e. The number of rotatable bonds is 6. The number of halogens is 1. The van der Waals surface area contributed by atoms with Gasteiger partial charge in [0, 0.05) is 29.8 Å². The number of amides is 1. The molecule has 138 valence electrons. The number of carbonyl (C=O) groups excluding carboxylic acids is 1. The lowest BCUT2D eigenvalue weighted by Gasteiger charge is -2.32. The van der Waals surface area contributed by atoms with Crippen LogP contribution in [0.4, 0.5) is 0 Å². The summed E-state index contributed by atoms with van der Waals surface area (Å²) < 4.78 is 1.12. The largest absolute Gasteiger partial charge is 0.351 e. The second-order valence-electron chi connectivity index (χ2n) is 6.81. The van der Waals surface area contributed by atoms with Gasteiger partial charge >= 0.3 is 0 Å². The first kappa shape index (κ1) is 18.9. The van der Waals surface area contributed by atoms with Crippen LogP contribution in [0, 0.1) is 5.92 Å². The van der Waals surface area contributed by atoms with E-state index in [4.69, 9.17) is 0 Å². The summed E-state index contributed by atoms with van der Waals surface area (Å²) in [5.41, 5.74) is 1.69. The first-order chi connectivity index (χ1) is 12.6. The number of aromatic amines is 1. The monoisotopic (exact) mass is 417 g/mol. The Bertz CT molecular complexity index is 760. The molecule has 3 rings (SSSR count). The van der Waals surface area contributed by atoms with Crippen molar-refractivity contribution in [2.24, 2.45) is 5.92 Å². The summed E-state index contributed by atoms with van der Waals surface area (Å²) in [5.74, 6) is 0.592. The van der Waals surface area contributed by atoms with Crippen molar-refractivity contribution in [1.82, 2.24) is 15.2 Å². The average Bonchev–Trinajstić information content (AvgIpc) is 2.65. The molecule has 26 heavy (non-hydrogen) atoms. The quantitative estimate of drug-likeness (QED) is 0.759. The number of nitrogens with one attached hydrogen (secondary N) is 2. The number of likely N-dealkylation sites (tertiary alicyclic amines) is 1. The molecule has 2 N–H and O–H groups in total. The van der Waals surface area contributed by atoms with Gasteiger partial charge in [-0.05, 0) is 62.0 Å². The van der Waals surface area contributed by atoms with Gasteiger partial charge in [0.2, 0.25) is 5.56 Å². The van der Waals surface area contributed by atoms with Gasteiger partial charge in [-0.2, -0.15) is 0 Å². The van der Waals surface area contributed by atoms with Crippen LogP contribution < -0.4 is 10.9 Å². The molecule has 1 amide bonds. The van der Waals surface area contributed by atoms with Crippen molar-refractivity contribution >= 4 is 21.8 Å². The van der Waals surface area contributed by atoms with Crippen LogP contribution in [0.2, 0.25) is 0 Å². The highest BCUT2D eigenvalue weighted by atomic mass is 79.9. The summed E-state index contributed by atoms with van der Waals surface area (Å²) in [6.07, 6.45) is 4.99. The number of hydrogen-bond acceptors (Lipinski definition) is 3. The molecular weight excluding hydrogens is 394 g/mol. The summed E-state index contributed by atoms with van der Waals surface area (Å²) in [7, 11) is 0. The number of nitrogens with zero attached hydrogens (tertiary/aromatic N) is 1. The number of hydrogen-bond donors (Lipinski definition) is 2. The first-order valence-corrected chi connectivity index (χ1v) is 9.83.